The minimum absolute atomic E-state index is 0.158. The van der Waals surface area contributed by atoms with Gasteiger partial charge < -0.3 is 37.9 Å². The monoisotopic (exact) mass is 1100 g/mol. The predicted octanol–water partition coefficient (Wildman–Crippen LogP) is 17.2. The van der Waals surface area contributed by atoms with Crippen LogP contribution < -0.4 is 37.9 Å². The summed E-state index contributed by atoms with van der Waals surface area (Å²) in [6.07, 6.45) is 0. The third-order valence-corrected chi connectivity index (χ3v) is 17.4. The van der Waals surface area contributed by atoms with Gasteiger partial charge in [-0.05, 0) is 100 Å². The third kappa shape index (κ3) is 6.99. The van der Waals surface area contributed by atoms with Gasteiger partial charge >= 0.3 is 0 Å². The number of rotatable bonds is 0. The largest absolute Gasteiger partial charge is 0.434 e. The van der Waals surface area contributed by atoms with Gasteiger partial charge in [0.25, 0.3) is 47.0 Å². The minimum Gasteiger partial charge on any atom is -0.434 e. The van der Waals surface area contributed by atoms with Gasteiger partial charge in [-0.2, -0.15) is 0 Å². The number of para-hydroxylation sites is 8. The third-order valence-electron chi connectivity index (χ3n) is 17.4. The van der Waals surface area contributed by atoms with Crippen LogP contribution in [0.15, 0.2) is 121 Å². The van der Waals surface area contributed by atoms with Gasteiger partial charge in [-0.1, -0.05) is 76.2 Å². The number of hydrogen-bond acceptors (Lipinski definition) is 16. The van der Waals surface area contributed by atoms with Crippen molar-refractivity contribution in [1.82, 2.24) is 39.9 Å². The van der Waals surface area contributed by atoms with Crippen LogP contribution in [0.4, 0.5) is 0 Å². The van der Waals surface area contributed by atoms with Gasteiger partial charge in [0.15, 0.2) is 0 Å². The van der Waals surface area contributed by atoms with Crippen molar-refractivity contribution < 1.29 is 37.9 Å². The van der Waals surface area contributed by atoms with E-state index in [0.29, 0.717) is 112 Å². The van der Waals surface area contributed by atoms with Crippen LogP contribution in [0, 0.1) is 27.7 Å². The zero-order valence-electron chi connectivity index (χ0n) is 46.7. The van der Waals surface area contributed by atoms with Gasteiger partial charge in [-0.15, -0.1) is 0 Å². The molecule has 16 nitrogen and oxygen atoms in total. The summed E-state index contributed by atoms with van der Waals surface area (Å²) in [5.41, 5.74) is 14.4. The summed E-state index contributed by atoms with van der Waals surface area (Å²) in [6.45, 7) is 16.7. The van der Waals surface area contributed by atoms with Crippen LogP contribution in [-0.2, 0) is 0 Å². The molecule has 4 aromatic heterocycles. The van der Waals surface area contributed by atoms with Crippen molar-refractivity contribution in [3.05, 3.63) is 188 Å². The molecule has 8 bridgehead atoms. The lowest BCUT2D eigenvalue weighted by Crippen LogP contribution is -2.12. The van der Waals surface area contributed by atoms with Gasteiger partial charge in [0.2, 0.25) is 0 Å². The van der Waals surface area contributed by atoms with E-state index in [4.69, 9.17) is 77.8 Å². The SMILES string of the molecule is Cc1c2c3cc4c1Oc1nc5ccccc5nc1Oc1c(cc5c(c1C)Oc1nc6ccccc6nc1Oc1c(cc6c(c1C)Oc1nc7ccccc7nc1Oc1c(cc(c(c1C)Oc1nc7ccccc7nc1O2)C3C)C6C)C5C)C4C. The Morgan fingerprint density at radius 1 is 0.226 bits per heavy atom. The maximum atomic E-state index is 7.25. The number of nitrogens with zero attached hydrogens (tertiary/aromatic N) is 8. The molecule has 5 aliphatic rings. The van der Waals surface area contributed by atoms with Gasteiger partial charge in [-0.3, -0.25) is 0 Å². The standard InChI is InChI=1S/C68H48N8O8/c1-29-37-25-39-30(2)41-27-43-32(4)44-28-42-31(3)40-26-38(29)54-34(6)56(40)80-64-66(74-50-22-14-12-20-48(50)72-64)82-58(42)36(8)60(44)84-68-67(75-51-23-15-16-24-52(51)76-68)83-59(43)35(7)57(41)81-65-63(71-47-19-11-13-21-49(47)73-65)79-55(39)33(5)53(37)77-61-62(78-54)70-46-18-10-9-17-45(46)69-61/h9-32H,1-8H3. The molecule has 0 atom stereocenters. The molecular weight excluding hydrogens is 1060 g/mol. The summed E-state index contributed by atoms with van der Waals surface area (Å²) in [5, 5.41) is 0. The van der Waals surface area contributed by atoms with E-state index in [-0.39, 0.29) is 47.0 Å². The molecule has 12 aromatic rings. The number of hydrogen-bond donors (Lipinski definition) is 0. The first kappa shape index (κ1) is 48.2. The molecule has 4 aliphatic heterocycles. The molecule has 0 fully saturated rings. The molecule has 0 radical (unpaired) electrons. The van der Waals surface area contributed by atoms with Crippen LogP contribution >= 0.6 is 0 Å². The molecule has 16 heteroatoms. The molecule has 1 aliphatic carbocycles. The van der Waals surface area contributed by atoms with E-state index in [2.05, 4.69) is 52.0 Å². The normalized spacial score (nSPS) is 17.3. The van der Waals surface area contributed by atoms with Crippen LogP contribution in [0.5, 0.6) is 93.0 Å². The molecule has 0 saturated carbocycles. The zero-order chi connectivity index (χ0) is 56.5. The maximum absolute atomic E-state index is 7.25. The van der Waals surface area contributed by atoms with E-state index >= 15 is 0 Å². The van der Waals surface area contributed by atoms with Crippen LogP contribution in [0.1, 0.15) is 118 Å². The van der Waals surface area contributed by atoms with E-state index in [1.54, 1.807) is 0 Å². The molecule has 8 aromatic carbocycles. The fraction of sp³-hybridized carbons (Fsp3) is 0.176. The highest BCUT2D eigenvalue weighted by molar-refractivity contribution is 5.81. The summed E-state index contributed by atoms with van der Waals surface area (Å²) >= 11 is 0. The Balaban J connectivity index is 1.05. The van der Waals surface area contributed by atoms with Gasteiger partial charge in [0.1, 0.15) is 46.0 Å². The molecular formula is C68H48N8O8. The minimum atomic E-state index is -0.429. The van der Waals surface area contributed by atoms with Crippen molar-refractivity contribution in [1.29, 1.82) is 0 Å². The first-order valence-corrected chi connectivity index (χ1v) is 28.1. The van der Waals surface area contributed by atoms with Gasteiger partial charge in [0.05, 0.1) is 44.1 Å². The lowest BCUT2D eigenvalue weighted by atomic mass is 9.78. The summed E-state index contributed by atoms with van der Waals surface area (Å²) in [5.74, 6) is 3.67. The van der Waals surface area contributed by atoms with Crippen molar-refractivity contribution in [3.8, 4) is 93.0 Å². The molecule has 17 rings (SSSR count). The van der Waals surface area contributed by atoms with Crippen molar-refractivity contribution in [2.45, 2.75) is 79.1 Å². The fourth-order valence-corrected chi connectivity index (χ4v) is 12.8. The summed E-state index contributed by atoms with van der Waals surface area (Å²) in [4.78, 5) is 41.1. The number of ether oxygens (including phenoxy) is 8. The van der Waals surface area contributed by atoms with E-state index < -0.39 is 23.7 Å². The highest BCUT2D eigenvalue weighted by Crippen LogP contribution is 2.60. The highest BCUT2D eigenvalue weighted by Gasteiger charge is 2.40. The Bertz CT molecular complexity index is 4070. The van der Waals surface area contributed by atoms with Crippen LogP contribution in [0.3, 0.4) is 0 Å². The quantitative estimate of drug-likeness (QED) is 0.140. The maximum Gasteiger partial charge on any atom is 0.284 e. The Morgan fingerprint density at radius 2 is 0.357 bits per heavy atom. The highest BCUT2D eigenvalue weighted by atomic mass is 16.6. The smallest absolute Gasteiger partial charge is 0.284 e. The molecule has 0 amide bonds. The van der Waals surface area contributed by atoms with Crippen molar-refractivity contribution in [3.63, 3.8) is 0 Å². The van der Waals surface area contributed by atoms with Gasteiger partial charge in [-0.25, -0.2) is 39.9 Å². The first-order valence-electron chi connectivity index (χ1n) is 28.1. The zero-order valence-corrected chi connectivity index (χ0v) is 46.7. The molecule has 0 unspecified atom stereocenters. The molecule has 0 spiro atoms. The summed E-state index contributed by atoms with van der Waals surface area (Å²) in [6, 6.07) is 39.4. The van der Waals surface area contributed by atoms with E-state index in [0.717, 1.165) is 44.5 Å². The first-order chi connectivity index (χ1) is 40.9. The molecule has 84 heavy (non-hydrogen) atoms. The van der Waals surface area contributed by atoms with Crippen LogP contribution in [0.2, 0.25) is 0 Å². The van der Waals surface area contributed by atoms with E-state index in [1.807, 2.05) is 125 Å². The lowest BCUT2D eigenvalue weighted by Gasteiger charge is -2.29. The Kier molecular flexibility index (Phi) is 10.1. The second-order valence-corrected chi connectivity index (χ2v) is 22.3. The molecule has 8 heterocycles. The summed E-state index contributed by atoms with van der Waals surface area (Å²) in [7, 11) is 0. The van der Waals surface area contributed by atoms with Crippen LogP contribution in [0.25, 0.3) is 44.1 Å². The average molecular weight is 1110 g/mol. The van der Waals surface area contributed by atoms with Crippen LogP contribution in [-0.4, -0.2) is 39.9 Å². The van der Waals surface area contributed by atoms with Crippen molar-refractivity contribution >= 4 is 44.1 Å². The second-order valence-electron chi connectivity index (χ2n) is 22.3. The van der Waals surface area contributed by atoms with Crippen molar-refractivity contribution in [2.75, 3.05) is 0 Å². The molecule has 0 saturated heterocycles. The Labute approximate surface area is 480 Å². The van der Waals surface area contributed by atoms with E-state index in [9.17, 15) is 0 Å². The fourth-order valence-electron chi connectivity index (χ4n) is 12.8. The molecule has 0 N–H and O–H groups in total. The van der Waals surface area contributed by atoms with Gasteiger partial charge in [0, 0.05) is 90.4 Å². The Morgan fingerprint density at radius 3 is 0.488 bits per heavy atom. The number of aromatic nitrogens is 8. The van der Waals surface area contributed by atoms with Crippen molar-refractivity contribution in [2.24, 2.45) is 0 Å². The second kappa shape index (κ2) is 17.5. The number of benzene rings is 8. The molecule has 408 valence electrons. The Hall–Kier alpha value is -10.5. The predicted molar refractivity (Wildman–Crippen MR) is 314 cm³/mol. The van der Waals surface area contributed by atoms with E-state index in [1.165, 1.54) is 0 Å². The number of fused-ring (bicyclic) bond motifs is 8. The summed E-state index contributed by atoms with van der Waals surface area (Å²) < 4.78 is 58.0. The average Bonchev–Trinajstić information content (AvgIpc) is 1.56. The lowest BCUT2D eigenvalue weighted by molar-refractivity contribution is 0.372. The topological polar surface area (TPSA) is 177 Å².